The highest BCUT2D eigenvalue weighted by Crippen LogP contribution is 2.29. The van der Waals surface area contributed by atoms with Crippen molar-refractivity contribution in [3.05, 3.63) is 84.2 Å². The first kappa shape index (κ1) is 36.8. The Morgan fingerprint density at radius 3 is 2.40 bits per heavy atom. The van der Waals surface area contributed by atoms with E-state index in [1.54, 1.807) is 49.4 Å². The van der Waals surface area contributed by atoms with Crippen molar-refractivity contribution < 1.29 is 37.0 Å². The number of hydrogen-bond donors (Lipinski definition) is 3. The van der Waals surface area contributed by atoms with Crippen molar-refractivity contribution >= 4 is 33.3 Å². The summed E-state index contributed by atoms with van der Waals surface area (Å²) >= 11 is 0. The zero-order chi connectivity index (χ0) is 34.8. The van der Waals surface area contributed by atoms with Crippen molar-refractivity contribution in [2.75, 3.05) is 44.0 Å². The summed E-state index contributed by atoms with van der Waals surface area (Å²) in [5.74, 6) is -0.879. The number of aliphatic hydroxyl groups excluding tert-OH is 1. The van der Waals surface area contributed by atoms with Gasteiger partial charge in [-0.15, -0.1) is 0 Å². The zero-order valence-electron chi connectivity index (χ0n) is 27.8. The zero-order valence-corrected chi connectivity index (χ0v) is 28.6. The number of rotatable bonds is 8. The number of urea groups is 1. The second-order valence-corrected chi connectivity index (χ2v) is 14.2. The van der Waals surface area contributed by atoms with Crippen molar-refractivity contribution in [3.8, 4) is 5.75 Å². The number of ether oxygens (including phenoxy) is 2. The van der Waals surface area contributed by atoms with Gasteiger partial charge in [0.05, 0.1) is 35.3 Å². The highest BCUT2D eigenvalue weighted by Gasteiger charge is 2.32. The Balaban J connectivity index is 1.62. The number of sulfonamides is 1. The second-order valence-electron chi connectivity index (χ2n) is 12.2. The van der Waals surface area contributed by atoms with Gasteiger partial charge in [-0.05, 0) is 87.7 Å². The first-order chi connectivity index (χ1) is 22.9. The molecule has 48 heavy (non-hydrogen) atoms. The Morgan fingerprint density at radius 2 is 1.71 bits per heavy atom. The highest BCUT2D eigenvalue weighted by molar-refractivity contribution is 7.89. The van der Waals surface area contributed by atoms with Crippen LogP contribution in [0.15, 0.2) is 77.7 Å². The van der Waals surface area contributed by atoms with E-state index in [4.69, 9.17) is 9.47 Å². The number of benzene rings is 3. The van der Waals surface area contributed by atoms with Crippen LogP contribution in [0.3, 0.4) is 0 Å². The van der Waals surface area contributed by atoms with Crippen LogP contribution in [0.1, 0.15) is 50.4 Å². The lowest BCUT2D eigenvalue weighted by atomic mass is 10.0. The molecule has 3 aromatic carbocycles. The van der Waals surface area contributed by atoms with E-state index in [0.29, 0.717) is 30.2 Å². The summed E-state index contributed by atoms with van der Waals surface area (Å²) in [6.07, 6.45) is 1.37. The molecule has 3 aromatic rings. The van der Waals surface area contributed by atoms with Gasteiger partial charge in [-0.3, -0.25) is 4.79 Å². The number of carbonyl (C=O) groups is 2. The summed E-state index contributed by atoms with van der Waals surface area (Å²) in [4.78, 5) is 28.8. The molecule has 0 aromatic heterocycles. The van der Waals surface area contributed by atoms with Gasteiger partial charge in [0.25, 0.3) is 5.91 Å². The van der Waals surface area contributed by atoms with E-state index in [-0.39, 0.29) is 42.2 Å². The van der Waals surface area contributed by atoms with E-state index in [2.05, 4.69) is 10.6 Å². The molecular formula is C35H45FN4O7S. The van der Waals surface area contributed by atoms with Gasteiger partial charge in [0.2, 0.25) is 10.0 Å². The normalized spacial score (nSPS) is 20.3. The van der Waals surface area contributed by atoms with Crippen LogP contribution in [0.4, 0.5) is 20.6 Å². The fourth-order valence-electron chi connectivity index (χ4n) is 5.41. The molecule has 260 valence electrons. The Labute approximate surface area is 282 Å². The molecule has 3 amide bonds. The topological polar surface area (TPSA) is 138 Å². The molecule has 11 nitrogen and oxygen atoms in total. The molecule has 1 aliphatic heterocycles. The maximum absolute atomic E-state index is 14.3. The first-order valence-electron chi connectivity index (χ1n) is 16.1. The number of fused-ring (bicyclic) bond motifs is 1. The molecule has 0 bridgehead atoms. The summed E-state index contributed by atoms with van der Waals surface area (Å²) < 4.78 is 53.8. The molecule has 13 heteroatoms. The molecule has 0 radical (unpaired) electrons. The number of amides is 3. The number of halogens is 1. The fraction of sp³-hybridized carbons (Fsp3) is 0.429. The van der Waals surface area contributed by atoms with E-state index >= 15 is 0 Å². The number of nitrogens with one attached hydrogen (secondary N) is 2. The number of carbonyl (C=O) groups excluding carboxylic acids is 2. The number of nitrogens with zero attached hydrogens (tertiary/aromatic N) is 2. The maximum Gasteiger partial charge on any atom is 0.323 e. The van der Waals surface area contributed by atoms with Gasteiger partial charge in [-0.25, -0.2) is 17.6 Å². The van der Waals surface area contributed by atoms with E-state index in [0.717, 1.165) is 12.8 Å². The largest absolute Gasteiger partial charge is 0.490 e. The average molecular weight is 685 g/mol. The molecule has 0 saturated heterocycles. The third-order valence-corrected chi connectivity index (χ3v) is 10.1. The van der Waals surface area contributed by atoms with Gasteiger partial charge in [-0.1, -0.05) is 25.1 Å². The van der Waals surface area contributed by atoms with Crippen molar-refractivity contribution in [1.82, 2.24) is 9.21 Å². The Bertz CT molecular complexity index is 1630. The van der Waals surface area contributed by atoms with E-state index in [9.17, 15) is 27.5 Å². The van der Waals surface area contributed by atoms with Crippen LogP contribution in [0.2, 0.25) is 0 Å². The minimum absolute atomic E-state index is 0.0568. The summed E-state index contributed by atoms with van der Waals surface area (Å²) in [5.41, 5.74) is 0.890. The third-order valence-electron chi connectivity index (χ3n) is 8.30. The van der Waals surface area contributed by atoms with E-state index < -0.39 is 39.9 Å². The second kappa shape index (κ2) is 16.9. The number of anilines is 2. The molecule has 1 heterocycles. The molecule has 3 N–H and O–H groups in total. The van der Waals surface area contributed by atoms with Gasteiger partial charge < -0.3 is 30.1 Å². The average Bonchev–Trinajstić information content (AvgIpc) is 3.07. The van der Waals surface area contributed by atoms with Crippen molar-refractivity contribution in [2.24, 2.45) is 5.92 Å². The molecule has 0 aliphatic carbocycles. The quantitative estimate of drug-likeness (QED) is 0.282. The Hall–Kier alpha value is -4.04. The lowest BCUT2D eigenvalue weighted by molar-refractivity contribution is -0.00833. The molecule has 0 unspecified atom stereocenters. The maximum atomic E-state index is 14.3. The third kappa shape index (κ3) is 9.75. The van der Waals surface area contributed by atoms with Crippen LogP contribution in [-0.4, -0.2) is 86.3 Å². The highest BCUT2D eigenvalue weighted by atomic mass is 32.2. The lowest BCUT2D eigenvalue weighted by Crippen LogP contribution is -2.48. The molecule has 4 atom stereocenters. The SMILES string of the molecule is C[C@@H]1CCCCO[C@@H](CN(C)S(=O)(=O)c2ccccc2)[C@@H](C)CN([C@H](C)CO)C(=O)c2cc(NC(=O)Nc3ccc(F)cc3)ccc2O1. The predicted octanol–water partition coefficient (Wildman–Crippen LogP) is 5.59. The van der Waals surface area contributed by atoms with Crippen LogP contribution < -0.4 is 15.4 Å². The van der Waals surface area contributed by atoms with Crippen LogP contribution in [0.25, 0.3) is 0 Å². The smallest absolute Gasteiger partial charge is 0.323 e. The Morgan fingerprint density at radius 1 is 1.04 bits per heavy atom. The number of hydrogen-bond acceptors (Lipinski definition) is 7. The summed E-state index contributed by atoms with van der Waals surface area (Å²) in [6.45, 7) is 5.79. The minimum Gasteiger partial charge on any atom is -0.490 e. The van der Waals surface area contributed by atoms with Gasteiger partial charge in [0.1, 0.15) is 11.6 Å². The van der Waals surface area contributed by atoms with Crippen LogP contribution in [0, 0.1) is 11.7 Å². The molecule has 4 rings (SSSR count). The van der Waals surface area contributed by atoms with Gasteiger partial charge >= 0.3 is 6.03 Å². The van der Waals surface area contributed by atoms with E-state index in [1.807, 2.05) is 13.8 Å². The molecular weight excluding hydrogens is 639 g/mol. The molecule has 1 aliphatic rings. The van der Waals surface area contributed by atoms with Crippen LogP contribution in [0.5, 0.6) is 5.75 Å². The summed E-state index contributed by atoms with van der Waals surface area (Å²) in [6, 6.07) is 17.1. The monoisotopic (exact) mass is 684 g/mol. The van der Waals surface area contributed by atoms with Crippen molar-refractivity contribution in [3.63, 3.8) is 0 Å². The molecule has 0 saturated carbocycles. The van der Waals surface area contributed by atoms with Gasteiger partial charge in [0, 0.05) is 44.0 Å². The van der Waals surface area contributed by atoms with Gasteiger partial charge in [0.15, 0.2) is 0 Å². The minimum atomic E-state index is -3.79. The summed E-state index contributed by atoms with van der Waals surface area (Å²) in [5, 5.41) is 15.5. The first-order valence-corrected chi connectivity index (χ1v) is 17.5. The summed E-state index contributed by atoms with van der Waals surface area (Å²) in [7, 11) is -2.28. The number of aliphatic hydroxyl groups is 1. The van der Waals surface area contributed by atoms with Crippen molar-refractivity contribution in [1.29, 1.82) is 0 Å². The predicted molar refractivity (Wildman–Crippen MR) is 182 cm³/mol. The van der Waals surface area contributed by atoms with Crippen LogP contribution in [-0.2, 0) is 14.8 Å². The molecule has 0 fully saturated rings. The molecule has 0 spiro atoms. The number of likely N-dealkylation sites (N-methyl/N-ethyl adjacent to an activating group) is 1. The van der Waals surface area contributed by atoms with Gasteiger partial charge in [-0.2, -0.15) is 4.31 Å². The Kier molecular flexibility index (Phi) is 12.9. The lowest BCUT2D eigenvalue weighted by Gasteiger charge is -2.35. The van der Waals surface area contributed by atoms with Crippen molar-refractivity contribution in [2.45, 2.75) is 63.2 Å². The fourth-order valence-corrected chi connectivity index (χ4v) is 6.62. The van der Waals surface area contributed by atoms with E-state index in [1.165, 1.54) is 46.6 Å². The van der Waals surface area contributed by atoms with Crippen LogP contribution >= 0.6 is 0 Å². The standard InChI is InChI=1S/C35H45FN4O7S/c1-24-21-40(25(2)23-41)34(42)31-20-29(38-35(43)37-28-15-13-27(36)14-16-28)17-18-32(31)47-26(3)10-8-9-19-46-33(24)22-39(4)48(44,45)30-11-6-5-7-12-30/h5-7,11-18,20,24-26,33,41H,8-10,19,21-23H2,1-4H3,(H2,37,38,43)/t24-,25+,26+,33-/m0/s1.